The molecule has 1 amide bonds. The van der Waals surface area contributed by atoms with Gasteiger partial charge in [-0.3, -0.25) is 9.89 Å². The number of aromatic amines is 1. The number of rotatable bonds is 5. The first-order valence-corrected chi connectivity index (χ1v) is 6.94. The van der Waals surface area contributed by atoms with E-state index < -0.39 is 5.60 Å². The van der Waals surface area contributed by atoms with Crippen LogP contribution in [0.15, 0.2) is 18.2 Å². The number of aromatic nitrogens is 2. The Hall–Kier alpha value is -1.88. The lowest BCUT2D eigenvalue weighted by Gasteiger charge is -2.25. The van der Waals surface area contributed by atoms with Crippen LogP contribution in [-0.2, 0) is 0 Å². The highest BCUT2D eigenvalue weighted by Gasteiger charge is 2.24. The van der Waals surface area contributed by atoms with E-state index in [1.54, 1.807) is 0 Å². The molecular formula is C15H21N3O2. The van der Waals surface area contributed by atoms with Crippen LogP contribution in [0.4, 0.5) is 0 Å². The Labute approximate surface area is 118 Å². The first kappa shape index (κ1) is 14.5. The van der Waals surface area contributed by atoms with Crippen molar-refractivity contribution in [3.05, 3.63) is 29.5 Å². The van der Waals surface area contributed by atoms with Gasteiger partial charge in [0.15, 0.2) is 5.69 Å². The van der Waals surface area contributed by atoms with Gasteiger partial charge in [0, 0.05) is 11.9 Å². The molecule has 3 N–H and O–H groups in total. The molecular weight excluding hydrogens is 254 g/mol. The Morgan fingerprint density at radius 3 is 2.75 bits per heavy atom. The molecule has 0 aliphatic rings. The maximum absolute atomic E-state index is 12.2. The van der Waals surface area contributed by atoms with E-state index in [2.05, 4.69) is 15.5 Å². The number of benzene rings is 1. The van der Waals surface area contributed by atoms with Crippen LogP contribution >= 0.6 is 0 Å². The Balaban J connectivity index is 2.18. The average molecular weight is 275 g/mol. The van der Waals surface area contributed by atoms with Crippen LogP contribution in [0.1, 0.15) is 42.7 Å². The van der Waals surface area contributed by atoms with Gasteiger partial charge in [-0.2, -0.15) is 5.10 Å². The van der Waals surface area contributed by atoms with Crippen LogP contribution < -0.4 is 5.32 Å². The fourth-order valence-corrected chi connectivity index (χ4v) is 2.13. The van der Waals surface area contributed by atoms with Gasteiger partial charge in [-0.05, 0) is 31.9 Å². The lowest BCUT2D eigenvalue weighted by Crippen LogP contribution is -2.42. The van der Waals surface area contributed by atoms with Crippen LogP contribution in [0.2, 0.25) is 0 Å². The molecule has 0 radical (unpaired) electrons. The number of fused-ring (bicyclic) bond motifs is 1. The smallest absolute Gasteiger partial charge is 0.272 e. The van der Waals surface area contributed by atoms with Crippen molar-refractivity contribution in [2.75, 3.05) is 6.54 Å². The second-order valence-corrected chi connectivity index (χ2v) is 5.24. The standard InChI is InChI=1S/C15H21N3O2/c1-4-15(20,5-2)9-16-14(19)13-11-8-10(3)6-7-12(11)17-18-13/h6-8,20H,4-5,9H2,1-3H3,(H,16,19)(H,17,18). The summed E-state index contributed by atoms with van der Waals surface area (Å²) in [7, 11) is 0. The van der Waals surface area contributed by atoms with Gasteiger partial charge >= 0.3 is 0 Å². The van der Waals surface area contributed by atoms with Crippen LogP contribution in [0.5, 0.6) is 0 Å². The van der Waals surface area contributed by atoms with Gasteiger partial charge in [0.1, 0.15) is 0 Å². The maximum atomic E-state index is 12.2. The Morgan fingerprint density at radius 2 is 2.10 bits per heavy atom. The van der Waals surface area contributed by atoms with Crippen molar-refractivity contribution in [1.29, 1.82) is 0 Å². The molecule has 0 unspecified atom stereocenters. The monoisotopic (exact) mass is 275 g/mol. The second-order valence-electron chi connectivity index (χ2n) is 5.24. The normalized spacial score (nSPS) is 11.8. The summed E-state index contributed by atoms with van der Waals surface area (Å²) in [5, 5.41) is 20.7. The lowest BCUT2D eigenvalue weighted by molar-refractivity contribution is 0.0313. The summed E-state index contributed by atoms with van der Waals surface area (Å²) in [5.74, 6) is -0.262. The maximum Gasteiger partial charge on any atom is 0.272 e. The average Bonchev–Trinajstić information content (AvgIpc) is 2.87. The predicted molar refractivity (Wildman–Crippen MR) is 78.7 cm³/mol. The first-order valence-electron chi connectivity index (χ1n) is 6.94. The zero-order valence-corrected chi connectivity index (χ0v) is 12.2. The third-order valence-corrected chi connectivity index (χ3v) is 3.83. The zero-order valence-electron chi connectivity index (χ0n) is 12.2. The van der Waals surface area contributed by atoms with Crippen molar-refractivity contribution in [3.63, 3.8) is 0 Å². The number of carbonyl (C=O) groups excluding carboxylic acids is 1. The minimum absolute atomic E-state index is 0.235. The molecule has 0 fully saturated rings. The van der Waals surface area contributed by atoms with Gasteiger partial charge in [0.2, 0.25) is 0 Å². The van der Waals surface area contributed by atoms with E-state index >= 15 is 0 Å². The first-order chi connectivity index (χ1) is 9.49. The molecule has 0 saturated heterocycles. The minimum Gasteiger partial charge on any atom is -0.388 e. The summed E-state index contributed by atoms with van der Waals surface area (Å²) in [5.41, 5.74) is 1.43. The van der Waals surface area contributed by atoms with Gasteiger partial charge in [0.05, 0.1) is 11.1 Å². The van der Waals surface area contributed by atoms with Crippen molar-refractivity contribution in [2.24, 2.45) is 0 Å². The van der Waals surface area contributed by atoms with Gasteiger partial charge < -0.3 is 10.4 Å². The van der Waals surface area contributed by atoms with Crippen LogP contribution in [-0.4, -0.2) is 33.4 Å². The molecule has 0 aliphatic heterocycles. The third-order valence-electron chi connectivity index (χ3n) is 3.83. The minimum atomic E-state index is -0.850. The van der Waals surface area contributed by atoms with Crippen LogP contribution in [0, 0.1) is 6.92 Å². The third kappa shape index (κ3) is 2.82. The molecule has 2 rings (SSSR count). The number of amides is 1. The van der Waals surface area contributed by atoms with E-state index in [0.29, 0.717) is 18.5 Å². The summed E-state index contributed by atoms with van der Waals surface area (Å²) in [6.07, 6.45) is 1.20. The number of nitrogens with zero attached hydrogens (tertiary/aromatic N) is 1. The number of hydrogen-bond donors (Lipinski definition) is 3. The molecule has 0 saturated carbocycles. The van der Waals surface area contributed by atoms with Crippen LogP contribution in [0.3, 0.4) is 0 Å². The summed E-state index contributed by atoms with van der Waals surface area (Å²) >= 11 is 0. The zero-order chi connectivity index (χ0) is 14.8. The molecule has 1 heterocycles. The van der Waals surface area contributed by atoms with E-state index in [1.807, 2.05) is 39.0 Å². The Bertz CT molecular complexity index is 615. The molecule has 5 heteroatoms. The fourth-order valence-electron chi connectivity index (χ4n) is 2.13. The Kier molecular flexibility index (Phi) is 4.09. The summed E-state index contributed by atoms with van der Waals surface area (Å²) in [6.45, 7) is 6.02. The second kappa shape index (κ2) is 5.63. The van der Waals surface area contributed by atoms with Crippen molar-refractivity contribution in [1.82, 2.24) is 15.5 Å². The SMILES string of the molecule is CCC(O)(CC)CNC(=O)c1n[nH]c2ccc(C)cc12. The molecule has 0 atom stereocenters. The fraction of sp³-hybridized carbons (Fsp3) is 0.467. The molecule has 2 aromatic rings. The quantitative estimate of drug-likeness (QED) is 0.782. The molecule has 0 bridgehead atoms. The van der Waals surface area contributed by atoms with Gasteiger partial charge in [-0.1, -0.05) is 25.5 Å². The number of carbonyl (C=O) groups is 1. The summed E-state index contributed by atoms with van der Waals surface area (Å²) < 4.78 is 0. The van der Waals surface area contributed by atoms with Crippen molar-refractivity contribution >= 4 is 16.8 Å². The molecule has 5 nitrogen and oxygen atoms in total. The molecule has 20 heavy (non-hydrogen) atoms. The van der Waals surface area contributed by atoms with Crippen molar-refractivity contribution in [2.45, 2.75) is 39.2 Å². The highest BCUT2D eigenvalue weighted by molar-refractivity contribution is 6.04. The number of aryl methyl sites for hydroxylation is 1. The molecule has 0 aliphatic carbocycles. The van der Waals surface area contributed by atoms with E-state index in [-0.39, 0.29) is 12.5 Å². The van der Waals surface area contributed by atoms with Gasteiger partial charge in [0.25, 0.3) is 5.91 Å². The highest BCUT2D eigenvalue weighted by Crippen LogP contribution is 2.18. The van der Waals surface area contributed by atoms with E-state index in [0.717, 1.165) is 16.5 Å². The molecule has 1 aromatic heterocycles. The number of nitrogens with one attached hydrogen (secondary N) is 2. The van der Waals surface area contributed by atoms with Crippen molar-refractivity contribution in [3.8, 4) is 0 Å². The van der Waals surface area contributed by atoms with E-state index in [1.165, 1.54) is 0 Å². The Morgan fingerprint density at radius 1 is 1.40 bits per heavy atom. The van der Waals surface area contributed by atoms with E-state index in [4.69, 9.17) is 0 Å². The summed E-state index contributed by atoms with van der Waals surface area (Å²) in [6, 6.07) is 5.80. The lowest BCUT2D eigenvalue weighted by atomic mass is 9.97. The molecule has 0 spiro atoms. The van der Waals surface area contributed by atoms with Crippen molar-refractivity contribution < 1.29 is 9.90 Å². The van der Waals surface area contributed by atoms with Gasteiger partial charge in [-0.15, -0.1) is 0 Å². The summed E-state index contributed by atoms with van der Waals surface area (Å²) in [4.78, 5) is 12.2. The molecule has 108 valence electrons. The number of aliphatic hydroxyl groups is 1. The van der Waals surface area contributed by atoms with E-state index in [9.17, 15) is 9.90 Å². The van der Waals surface area contributed by atoms with Crippen LogP contribution in [0.25, 0.3) is 10.9 Å². The number of hydrogen-bond acceptors (Lipinski definition) is 3. The highest BCUT2D eigenvalue weighted by atomic mass is 16.3. The van der Waals surface area contributed by atoms with Gasteiger partial charge in [-0.25, -0.2) is 0 Å². The number of H-pyrrole nitrogens is 1. The topological polar surface area (TPSA) is 78.0 Å². The largest absolute Gasteiger partial charge is 0.388 e. The molecule has 1 aromatic carbocycles. The predicted octanol–water partition coefficient (Wildman–Crippen LogP) is 2.15.